The predicted molar refractivity (Wildman–Crippen MR) is 76.4 cm³/mol. The van der Waals surface area contributed by atoms with E-state index in [-0.39, 0.29) is 12.4 Å². The van der Waals surface area contributed by atoms with Crippen LogP contribution >= 0.6 is 0 Å². The minimum absolute atomic E-state index is 0.0152. The summed E-state index contributed by atoms with van der Waals surface area (Å²) in [7, 11) is 1.54. The van der Waals surface area contributed by atoms with Crippen LogP contribution in [0.1, 0.15) is 11.1 Å². The third-order valence-corrected chi connectivity index (χ3v) is 2.80. The van der Waals surface area contributed by atoms with Gasteiger partial charge in [-0.2, -0.15) is 0 Å². The van der Waals surface area contributed by atoms with Gasteiger partial charge >= 0.3 is 0 Å². The smallest absolute Gasteiger partial charge is 0.169 e. The Labute approximate surface area is 117 Å². The molecule has 0 saturated carbocycles. The van der Waals surface area contributed by atoms with E-state index in [0.29, 0.717) is 22.8 Å². The van der Waals surface area contributed by atoms with E-state index in [1.54, 1.807) is 49.6 Å². The molecular weight excluding hydrogens is 256 g/mol. The highest BCUT2D eigenvalue weighted by molar-refractivity contribution is 5.94. The molecule has 2 aromatic carbocycles. The van der Waals surface area contributed by atoms with E-state index in [2.05, 4.69) is 0 Å². The van der Waals surface area contributed by atoms with Crippen LogP contribution in [0.4, 0.5) is 0 Å². The van der Waals surface area contributed by atoms with Gasteiger partial charge in [0.25, 0.3) is 0 Å². The van der Waals surface area contributed by atoms with Gasteiger partial charge in [-0.15, -0.1) is 0 Å². The summed E-state index contributed by atoms with van der Waals surface area (Å²) in [4.78, 5) is 0. The molecule has 0 bridgehead atoms. The first-order chi connectivity index (χ1) is 9.63. The number of benzene rings is 2. The van der Waals surface area contributed by atoms with Crippen molar-refractivity contribution < 1.29 is 14.6 Å². The number of hydrogen-bond donors (Lipinski definition) is 3. The van der Waals surface area contributed by atoms with Crippen LogP contribution in [-0.2, 0) is 6.61 Å². The maximum atomic E-state index is 9.09. The van der Waals surface area contributed by atoms with Crippen molar-refractivity contribution in [3.05, 3.63) is 53.6 Å². The molecule has 2 rings (SSSR count). The number of nitrogens with one attached hydrogen (secondary N) is 1. The average molecular weight is 272 g/mol. The number of aliphatic hydroxyl groups is 1. The van der Waals surface area contributed by atoms with E-state index in [1.807, 2.05) is 0 Å². The van der Waals surface area contributed by atoms with Gasteiger partial charge in [-0.25, -0.2) is 0 Å². The molecule has 0 fully saturated rings. The first-order valence-corrected chi connectivity index (χ1v) is 6.04. The second kappa shape index (κ2) is 6.08. The number of ether oxygens (including phenoxy) is 2. The summed E-state index contributed by atoms with van der Waals surface area (Å²) in [5.41, 5.74) is 6.78. The lowest BCUT2D eigenvalue weighted by molar-refractivity contribution is 0.280. The molecule has 0 radical (unpaired) electrons. The molecule has 5 heteroatoms. The molecule has 4 N–H and O–H groups in total. The number of aliphatic hydroxyl groups excluding tert-OH is 1. The minimum Gasteiger partial charge on any atom is -0.493 e. The number of nitrogens with two attached hydrogens (primary N) is 1. The number of hydrogen-bond acceptors (Lipinski definition) is 4. The summed E-state index contributed by atoms with van der Waals surface area (Å²) in [6.07, 6.45) is 0. The molecule has 2 aromatic rings. The third-order valence-electron chi connectivity index (χ3n) is 2.80. The molecule has 0 heterocycles. The van der Waals surface area contributed by atoms with Crippen LogP contribution in [0.25, 0.3) is 0 Å². The lowest BCUT2D eigenvalue weighted by Gasteiger charge is -2.11. The Morgan fingerprint density at radius 3 is 2.40 bits per heavy atom. The SMILES string of the molecule is COc1cc(CO)ccc1Oc1ccc(C(=N)N)cc1. The second-order valence-electron chi connectivity index (χ2n) is 4.18. The van der Waals surface area contributed by atoms with Gasteiger partial charge in [-0.05, 0) is 42.0 Å². The van der Waals surface area contributed by atoms with Crippen molar-refractivity contribution in [3.63, 3.8) is 0 Å². The van der Waals surface area contributed by atoms with Crippen molar-refractivity contribution >= 4 is 5.84 Å². The van der Waals surface area contributed by atoms with Crippen LogP contribution in [0.2, 0.25) is 0 Å². The number of methoxy groups -OCH3 is 1. The van der Waals surface area contributed by atoms with Crippen LogP contribution in [-0.4, -0.2) is 18.1 Å². The van der Waals surface area contributed by atoms with Gasteiger partial charge in [-0.3, -0.25) is 5.41 Å². The van der Waals surface area contributed by atoms with Crippen LogP contribution in [0, 0.1) is 5.41 Å². The Morgan fingerprint density at radius 2 is 1.85 bits per heavy atom. The average Bonchev–Trinajstić information content (AvgIpc) is 2.48. The molecule has 0 aliphatic heterocycles. The largest absolute Gasteiger partial charge is 0.493 e. The standard InChI is InChI=1S/C15H16N2O3/c1-19-14-8-10(9-18)2-7-13(14)20-12-5-3-11(4-6-12)15(16)17/h2-8,18H,9H2,1H3,(H3,16,17). The highest BCUT2D eigenvalue weighted by Gasteiger charge is 2.07. The molecule has 0 aromatic heterocycles. The lowest BCUT2D eigenvalue weighted by Crippen LogP contribution is -2.10. The van der Waals surface area contributed by atoms with Crippen LogP contribution < -0.4 is 15.2 Å². The van der Waals surface area contributed by atoms with Crippen LogP contribution in [0.5, 0.6) is 17.2 Å². The molecule has 0 atom stereocenters. The summed E-state index contributed by atoms with van der Waals surface area (Å²) in [6, 6.07) is 12.1. The molecule has 0 saturated heterocycles. The molecule has 104 valence electrons. The zero-order valence-corrected chi connectivity index (χ0v) is 11.1. The third kappa shape index (κ3) is 3.07. The molecule has 20 heavy (non-hydrogen) atoms. The van der Waals surface area contributed by atoms with E-state index in [1.165, 1.54) is 0 Å². The number of rotatable bonds is 5. The maximum absolute atomic E-state index is 9.09. The monoisotopic (exact) mass is 272 g/mol. The molecule has 0 aliphatic carbocycles. The van der Waals surface area contributed by atoms with Gasteiger partial charge < -0.3 is 20.3 Å². The Morgan fingerprint density at radius 1 is 1.15 bits per heavy atom. The van der Waals surface area contributed by atoms with Crippen molar-refractivity contribution in [1.29, 1.82) is 5.41 Å². The number of amidine groups is 1. The predicted octanol–water partition coefficient (Wildman–Crippen LogP) is 2.26. The summed E-state index contributed by atoms with van der Waals surface area (Å²) in [5, 5.41) is 16.4. The zero-order valence-electron chi connectivity index (χ0n) is 11.1. The fraction of sp³-hybridized carbons (Fsp3) is 0.133. The topological polar surface area (TPSA) is 88.6 Å². The zero-order chi connectivity index (χ0) is 14.5. The van der Waals surface area contributed by atoms with Gasteiger partial charge in [0.1, 0.15) is 11.6 Å². The molecule has 5 nitrogen and oxygen atoms in total. The van der Waals surface area contributed by atoms with Crippen molar-refractivity contribution in [2.45, 2.75) is 6.61 Å². The Hall–Kier alpha value is -2.53. The van der Waals surface area contributed by atoms with Crippen LogP contribution in [0.3, 0.4) is 0 Å². The van der Waals surface area contributed by atoms with Gasteiger partial charge in [0.2, 0.25) is 0 Å². The second-order valence-corrected chi connectivity index (χ2v) is 4.18. The van der Waals surface area contributed by atoms with E-state index in [4.69, 9.17) is 25.7 Å². The Kier molecular flexibility index (Phi) is 4.22. The fourth-order valence-corrected chi connectivity index (χ4v) is 1.72. The molecule has 0 amide bonds. The van der Waals surface area contributed by atoms with E-state index in [9.17, 15) is 0 Å². The summed E-state index contributed by atoms with van der Waals surface area (Å²) in [6.45, 7) is -0.0516. The van der Waals surface area contributed by atoms with E-state index < -0.39 is 0 Å². The van der Waals surface area contributed by atoms with Crippen LogP contribution in [0.15, 0.2) is 42.5 Å². The maximum Gasteiger partial charge on any atom is 0.169 e. The Balaban J connectivity index is 2.23. The van der Waals surface area contributed by atoms with Gasteiger partial charge in [0.05, 0.1) is 13.7 Å². The first-order valence-electron chi connectivity index (χ1n) is 6.04. The molecular formula is C15H16N2O3. The summed E-state index contributed by atoms with van der Waals surface area (Å²) >= 11 is 0. The fourth-order valence-electron chi connectivity index (χ4n) is 1.72. The van der Waals surface area contributed by atoms with Gasteiger partial charge in [0.15, 0.2) is 11.5 Å². The molecule has 0 unspecified atom stereocenters. The van der Waals surface area contributed by atoms with Crippen molar-refractivity contribution in [2.24, 2.45) is 5.73 Å². The highest BCUT2D eigenvalue weighted by Crippen LogP contribution is 2.32. The molecule has 0 aliphatic rings. The summed E-state index contributed by atoms with van der Waals surface area (Å²) < 4.78 is 10.9. The Bertz CT molecular complexity index is 609. The number of nitrogen functional groups attached to an aromatic ring is 1. The first kappa shape index (κ1) is 13.9. The van der Waals surface area contributed by atoms with E-state index in [0.717, 1.165) is 5.56 Å². The lowest BCUT2D eigenvalue weighted by atomic mass is 10.2. The van der Waals surface area contributed by atoms with Crippen molar-refractivity contribution in [1.82, 2.24) is 0 Å². The van der Waals surface area contributed by atoms with Crippen molar-refractivity contribution in [3.8, 4) is 17.2 Å². The van der Waals surface area contributed by atoms with Crippen molar-refractivity contribution in [2.75, 3.05) is 7.11 Å². The quantitative estimate of drug-likeness (QED) is 0.575. The van der Waals surface area contributed by atoms with Gasteiger partial charge in [-0.1, -0.05) is 6.07 Å². The van der Waals surface area contributed by atoms with Gasteiger partial charge in [0, 0.05) is 5.56 Å². The highest BCUT2D eigenvalue weighted by atomic mass is 16.5. The minimum atomic E-state index is -0.0516. The van der Waals surface area contributed by atoms with E-state index >= 15 is 0 Å². The normalized spacial score (nSPS) is 10.1. The summed E-state index contributed by atoms with van der Waals surface area (Å²) in [5.74, 6) is 1.74. The molecule has 0 spiro atoms.